The Kier molecular flexibility index (Phi) is 5.56. The van der Waals surface area contributed by atoms with Crippen LogP contribution in [-0.2, 0) is 10.0 Å². The molecular weight excluding hydrogens is 325 g/mol. The SMILES string of the molecule is CC(Cl)CCN(C)S(=O)(=O)c1cc(Cl)sc1Cl. The maximum absolute atomic E-state index is 12.1. The third-order valence-corrected chi connectivity index (χ3v) is 5.98. The van der Waals surface area contributed by atoms with Gasteiger partial charge in [-0.3, -0.25) is 0 Å². The molecule has 1 aromatic heterocycles. The van der Waals surface area contributed by atoms with Crippen molar-refractivity contribution < 1.29 is 8.42 Å². The lowest BCUT2D eigenvalue weighted by Crippen LogP contribution is -2.28. The fraction of sp³-hybridized carbons (Fsp3) is 0.556. The summed E-state index contributed by atoms with van der Waals surface area (Å²) in [5, 5.41) is -0.0748. The minimum atomic E-state index is -3.58. The van der Waals surface area contributed by atoms with Crippen molar-refractivity contribution in [2.75, 3.05) is 13.6 Å². The van der Waals surface area contributed by atoms with Crippen molar-refractivity contribution in [2.45, 2.75) is 23.6 Å². The van der Waals surface area contributed by atoms with E-state index in [1.807, 2.05) is 6.92 Å². The summed E-state index contributed by atoms with van der Waals surface area (Å²) in [6.45, 7) is 2.16. The van der Waals surface area contributed by atoms with Gasteiger partial charge in [0.05, 0.1) is 4.34 Å². The van der Waals surface area contributed by atoms with Crippen LogP contribution in [0.15, 0.2) is 11.0 Å². The van der Waals surface area contributed by atoms with E-state index in [9.17, 15) is 8.42 Å². The van der Waals surface area contributed by atoms with Crippen LogP contribution >= 0.6 is 46.1 Å². The molecule has 0 aliphatic carbocycles. The largest absolute Gasteiger partial charge is 0.245 e. The zero-order valence-corrected chi connectivity index (χ0v) is 13.2. The van der Waals surface area contributed by atoms with Gasteiger partial charge in [0, 0.05) is 19.0 Å². The third kappa shape index (κ3) is 3.98. The first-order valence-corrected chi connectivity index (χ1v) is 8.25. The molecule has 0 aliphatic heterocycles. The molecule has 98 valence electrons. The molecule has 0 saturated heterocycles. The first kappa shape index (κ1) is 15.5. The average Bonchev–Trinajstić information content (AvgIpc) is 2.54. The van der Waals surface area contributed by atoms with Gasteiger partial charge in [-0.15, -0.1) is 22.9 Å². The van der Waals surface area contributed by atoms with Crippen LogP contribution in [0.5, 0.6) is 0 Å². The Morgan fingerprint density at radius 1 is 1.47 bits per heavy atom. The van der Waals surface area contributed by atoms with Gasteiger partial charge >= 0.3 is 0 Å². The molecule has 1 aromatic rings. The summed E-state index contributed by atoms with van der Waals surface area (Å²) in [5.74, 6) is 0. The standard InChI is InChI=1S/C9H12Cl3NO2S2/c1-6(10)3-4-13(2)17(14,15)7-5-8(11)16-9(7)12/h5-6H,3-4H2,1-2H3. The molecule has 8 heteroatoms. The molecule has 3 nitrogen and oxygen atoms in total. The van der Waals surface area contributed by atoms with E-state index in [2.05, 4.69) is 0 Å². The fourth-order valence-corrected chi connectivity index (χ4v) is 4.54. The molecule has 0 saturated carbocycles. The van der Waals surface area contributed by atoms with E-state index in [1.165, 1.54) is 17.4 Å². The number of thiophene rings is 1. The van der Waals surface area contributed by atoms with Crippen LogP contribution in [-0.4, -0.2) is 31.7 Å². The van der Waals surface area contributed by atoms with Crippen molar-refractivity contribution in [3.8, 4) is 0 Å². The van der Waals surface area contributed by atoms with Crippen molar-refractivity contribution in [3.63, 3.8) is 0 Å². The van der Waals surface area contributed by atoms with Crippen LogP contribution < -0.4 is 0 Å². The molecule has 0 radical (unpaired) electrons. The highest BCUT2D eigenvalue weighted by atomic mass is 35.5. The lowest BCUT2D eigenvalue weighted by molar-refractivity contribution is 0.461. The van der Waals surface area contributed by atoms with Gasteiger partial charge in [0.1, 0.15) is 9.23 Å². The Morgan fingerprint density at radius 2 is 2.06 bits per heavy atom. The van der Waals surface area contributed by atoms with Crippen LogP contribution in [0.3, 0.4) is 0 Å². The van der Waals surface area contributed by atoms with Gasteiger partial charge in [-0.2, -0.15) is 0 Å². The maximum atomic E-state index is 12.1. The van der Waals surface area contributed by atoms with E-state index in [0.717, 1.165) is 11.3 Å². The molecular formula is C9H12Cl3NO2S2. The summed E-state index contributed by atoms with van der Waals surface area (Å²) in [5.41, 5.74) is 0. The van der Waals surface area contributed by atoms with Gasteiger partial charge < -0.3 is 0 Å². The van der Waals surface area contributed by atoms with E-state index < -0.39 is 10.0 Å². The number of hydrogen-bond donors (Lipinski definition) is 0. The van der Waals surface area contributed by atoms with E-state index in [-0.39, 0.29) is 14.6 Å². The van der Waals surface area contributed by atoms with E-state index in [1.54, 1.807) is 0 Å². The van der Waals surface area contributed by atoms with Crippen LogP contribution in [0, 0.1) is 0 Å². The first-order chi connectivity index (χ1) is 7.75. The molecule has 1 rings (SSSR count). The molecule has 0 aromatic carbocycles. The van der Waals surface area contributed by atoms with Crippen molar-refractivity contribution in [3.05, 3.63) is 14.7 Å². The Hall–Kier alpha value is 0.480. The van der Waals surface area contributed by atoms with Crippen LogP contribution in [0.2, 0.25) is 8.67 Å². The Bertz CT molecular complexity index is 484. The highest BCUT2D eigenvalue weighted by Gasteiger charge is 2.25. The Labute approximate surface area is 120 Å². The lowest BCUT2D eigenvalue weighted by atomic mass is 10.3. The zero-order chi connectivity index (χ0) is 13.2. The molecule has 0 aliphatic rings. The number of alkyl halides is 1. The number of rotatable bonds is 5. The monoisotopic (exact) mass is 335 g/mol. The normalized spacial score (nSPS) is 14.2. The minimum absolute atomic E-state index is 0.0545. The van der Waals surface area contributed by atoms with Crippen molar-refractivity contribution in [1.82, 2.24) is 4.31 Å². The van der Waals surface area contributed by atoms with Crippen LogP contribution in [0.1, 0.15) is 13.3 Å². The summed E-state index contributed by atoms with van der Waals surface area (Å²) >= 11 is 18.4. The number of hydrogen-bond acceptors (Lipinski definition) is 3. The fourth-order valence-electron chi connectivity index (χ4n) is 1.15. The molecule has 0 fully saturated rings. The second kappa shape index (κ2) is 6.08. The second-order valence-corrected chi connectivity index (χ2v) is 8.63. The molecule has 0 amide bonds. The average molecular weight is 337 g/mol. The summed E-state index contributed by atoms with van der Waals surface area (Å²) < 4.78 is 26.0. The van der Waals surface area contributed by atoms with Gasteiger partial charge in [0.15, 0.2) is 0 Å². The quantitative estimate of drug-likeness (QED) is 0.769. The second-order valence-electron chi connectivity index (χ2n) is 3.58. The topological polar surface area (TPSA) is 37.4 Å². The molecule has 0 spiro atoms. The third-order valence-electron chi connectivity index (χ3n) is 2.16. The van der Waals surface area contributed by atoms with E-state index in [0.29, 0.717) is 17.3 Å². The van der Waals surface area contributed by atoms with Gasteiger partial charge in [-0.1, -0.05) is 23.2 Å². The van der Waals surface area contributed by atoms with Crippen molar-refractivity contribution in [2.24, 2.45) is 0 Å². The van der Waals surface area contributed by atoms with E-state index in [4.69, 9.17) is 34.8 Å². The maximum Gasteiger partial charge on any atom is 0.245 e. The summed E-state index contributed by atoms with van der Waals surface area (Å²) in [4.78, 5) is 0.0545. The predicted molar refractivity (Wildman–Crippen MR) is 74.1 cm³/mol. The minimum Gasteiger partial charge on any atom is -0.207 e. The molecule has 0 N–H and O–H groups in total. The predicted octanol–water partition coefficient (Wildman–Crippen LogP) is 3.69. The summed E-state index contributed by atoms with van der Waals surface area (Å²) in [6.07, 6.45) is 0.576. The van der Waals surface area contributed by atoms with Crippen molar-refractivity contribution >= 4 is 56.2 Å². The number of nitrogens with zero attached hydrogens (tertiary/aromatic N) is 1. The number of halogens is 3. The highest BCUT2D eigenvalue weighted by molar-refractivity contribution is 7.89. The zero-order valence-electron chi connectivity index (χ0n) is 9.28. The molecule has 1 atom stereocenters. The molecule has 1 unspecified atom stereocenters. The number of sulfonamides is 1. The van der Waals surface area contributed by atoms with Crippen LogP contribution in [0.4, 0.5) is 0 Å². The van der Waals surface area contributed by atoms with Gasteiger partial charge in [-0.05, 0) is 19.4 Å². The van der Waals surface area contributed by atoms with E-state index >= 15 is 0 Å². The van der Waals surface area contributed by atoms with Crippen molar-refractivity contribution in [1.29, 1.82) is 0 Å². The lowest BCUT2D eigenvalue weighted by Gasteiger charge is -2.17. The summed E-state index contributed by atoms with van der Waals surface area (Å²) in [7, 11) is -2.08. The Balaban J connectivity index is 2.91. The summed E-state index contributed by atoms with van der Waals surface area (Å²) in [6, 6.07) is 1.37. The van der Waals surface area contributed by atoms with Gasteiger partial charge in [0.2, 0.25) is 10.0 Å². The van der Waals surface area contributed by atoms with Gasteiger partial charge in [0.25, 0.3) is 0 Å². The first-order valence-electron chi connectivity index (χ1n) is 4.80. The smallest absolute Gasteiger partial charge is 0.207 e. The molecule has 17 heavy (non-hydrogen) atoms. The highest BCUT2D eigenvalue weighted by Crippen LogP contribution is 2.35. The molecule has 0 bridgehead atoms. The molecule has 1 heterocycles. The van der Waals surface area contributed by atoms with Gasteiger partial charge in [-0.25, -0.2) is 12.7 Å². The van der Waals surface area contributed by atoms with Crippen LogP contribution in [0.25, 0.3) is 0 Å². The Morgan fingerprint density at radius 3 is 2.47 bits per heavy atom.